The van der Waals surface area contributed by atoms with E-state index in [1.54, 1.807) is 0 Å². The molecular formula is C18H21N5O2. The molecule has 0 saturated carbocycles. The maximum Gasteiger partial charge on any atom is 0.231 e. The van der Waals surface area contributed by atoms with E-state index in [9.17, 15) is 0 Å². The molecule has 1 aromatic carbocycles. The Hall–Kier alpha value is -2.80. The van der Waals surface area contributed by atoms with Gasteiger partial charge < -0.3 is 14.8 Å². The van der Waals surface area contributed by atoms with Crippen LogP contribution in [0.3, 0.4) is 0 Å². The lowest BCUT2D eigenvalue weighted by atomic mass is 10.1. The van der Waals surface area contributed by atoms with Crippen molar-refractivity contribution in [3.63, 3.8) is 0 Å². The number of H-pyrrole nitrogens is 1. The number of nitrogens with one attached hydrogen (secondary N) is 2. The summed E-state index contributed by atoms with van der Waals surface area (Å²) in [5.74, 6) is 1.56. The van der Waals surface area contributed by atoms with E-state index in [4.69, 9.17) is 9.47 Å². The molecule has 0 fully saturated rings. The maximum atomic E-state index is 5.46. The van der Waals surface area contributed by atoms with Crippen molar-refractivity contribution in [3.8, 4) is 22.8 Å². The Morgan fingerprint density at radius 3 is 3.00 bits per heavy atom. The first-order valence-corrected chi connectivity index (χ1v) is 8.34. The number of fused-ring (bicyclic) bond motifs is 1. The fourth-order valence-electron chi connectivity index (χ4n) is 2.94. The van der Waals surface area contributed by atoms with Gasteiger partial charge in [-0.3, -0.25) is 9.78 Å². The average Bonchev–Trinajstić information content (AvgIpc) is 3.32. The van der Waals surface area contributed by atoms with Crippen LogP contribution in [0.25, 0.3) is 11.3 Å². The molecule has 3 heterocycles. The van der Waals surface area contributed by atoms with Gasteiger partial charge in [0.25, 0.3) is 0 Å². The van der Waals surface area contributed by atoms with Crippen molar-refractivity contribution >= 4 is 0 Å². The van der Waals surface area contributed by atoms with Gasteiger partial charge in [-0.2, -0.15) is 10.2 Å². The molecule has 1 aliphatic rings. The van der Waals surface area contributed by atoms with Crippen molar-refractivity contribution in [1.29, 1.82) is 0 Å². The van der Waals surface area contributed by atoms with E-state index in [2.05, 4.69) is 27.5 Å². The van der Waals surface area contributed by atoms with E-state index in [0.717, 1.165) is 41.4 Å². The summed E-state index contributed by atoms with van der Waals surface area (Å²) in [6.45, 7) is 6.02. The van der Waals surface area contributed by atoms with Crippen LogP contribution >= 0.6 is 0 Å². The topological polar surface area (TPSA) is 77.0 Å². The Morgan fingerprint density at radius 2 is 2.16 bits per heavy atom. The SMILES string of the molecule is Cc1cnn(C[C@H](C)NCc2cn[nH]c2-c2ccc3c(c2)OCO3)c1. The molecule has 1 aliphatic heterocycles. The van der Waals surface area contributed by atoms with Crippen LogP contribution in [0.2, 0.25) is 0 Å². The molecule has 4 rings (SSSR count). The van der Waals surface area contributed by atoms with Gasteiger partial charge in [-0.05, 0) is 37.6 Å². The number of benzene rings is 1. The summed E-state index contributed by atoms with van der Waals surface area (Å²) >= 11 is 0. The van der Waals surface area contributed by atoms with Crippen LogP contribution in [0.1, 0.15) is 18.1 Å². The van der Waals surface area contributed by atoms with Crippen molar-refractivity contribution in [3.05, 3.63) is 47.9 Å². The van der Waals surface area contributed by atoms with Crippen LogP contribution in [-0.2, 0) is 13.1 Å². The monoisotopic (exact) mass is 339 g/mol. The van der Waals surface area contributed by atoms with Crippen LogP contribution < -0.4 is 14.8 Å². The van der Waals surface area contributed by atoms with Crippen LogP contribution in [0.4, 0.5) is 0 Å². The van der Waals surface area contributed by atoms with E-state index in [1.165, 1.54) is 5.56 Å². The molecule has 0 unspecified atom stereocenters. The van der Waals surface area contributed by atoms with E-state index in [0.29, 0.717) is 6.04 Å². The van der Waals surface area contributed by atoms with E-state index >= 15 is 0 Å². The molecule has 0 saturated heterocycles. The summed E-state index contributed by atoms with van der Waals surface area (Å²) in [6, 6.07) is 6.22. The third-order valence-electron chi connectivity index (χ3n) is 4.24. The number of rotatable bonds is 6. The number of hydrogen-bond acceptors (Lipinski definition) is 5. The van der Waals surface area contributed by atoms with Crippen molar-refractivity contribution < 1.29 is 9.47 Å². The molecule has 0 aliphatic carbocycles. The van der Waals surface area contributed by atoms with Crippen LogP contribution in [0, 0.1) is 6.92 Å². The summed E-state index contributed by atoms with van der Waals surface area (Å²) < 4.78 is 12.8. The molecule has 0 bridgehead atoms. The number of hydrogen-bond donors (Lipinski definition) is 2. The van der Waals surface area contributed by atoms with Gasteiger partial charge in [-0.1, -0.05) is 0 Å². The summed E-state index contributed by atoms with van der Waals surface area (Å²) in [4.78, 5) is 0. The Balaban J connectivity index is 1.43. The zero-order chi connectivity index (χ0) is 17.2. The lowest BCUT2D eigenvalue weighted by molar-refractivity contribution is 0.174. The van der Waals surface area contributed by atoms with Crippen LogP contribution in [0.15, 0.2) is 36.8 Å². The smallest absolute Gasteiger partial charge is 0.231 e. The van der Waals surface area contributed by atoms with Gasteiger partial charge in [0.05, 0.1) is 24.6 Å². The van der Waals surface area contributed by atoms with Gasteiger partial charge in [-0.15, -0.1) is 0 Å². The van der Waals surface area contributed by atoms with E-state index < -0.39 is 0 Å². The van der Waals surface area contributed by atoms with Gasteiger partial charge in [0, 0.05) is 29.9 Å². The lowest BCUT2D eigenvalue weighted by Gasteiger charge is -2.14. The summed E-state index contributed by atoms with van der Waals surface area (Å²) in [6.07, 6.45) is 5.78. The molecule has 2 N–H and O–H groups in total. The number of ether oxygens (including phenoxy) is 2. The second-order valence-electron chi connectivity index (χ2n) is 6.36. The molecule has 0 radical (unpaired) electrons. The highest BCUT2D eigenvalue weighted by atomic mass is 16.7. The van der Waals surface area contributed by atoms with Crippen molar-refractivity contribution in [2.45, 2.75) is 33.0 Å². The lowest BCUT2D eigenvalue weighted by Crippen LogP contribution is -2.30. The molecule has 7 heteroatoms. The van der Waals surface area contributed by atoms with Gasteiger partial charge >= 0.3 is 0 Å². The third-order valence-corrected chi connectivity index (χ3v) is 4.24. The minimum absolute atomic E-state index is 0.278. The summed E-state index contributed by atoms with van der Waals surface area (Å²) in [5, 5.41) is 15.1. The minimum atomic E-state index is 0.278. The van der Waals surface area contributed by atoms with Crippen molar-refractivity contribution in [2.75, 3.05) is 6.79 Å². The molecule has 0 spiro atoms. The highest BCUT2D eigenvalue weighted by Gasteiger charge is 2.16. The Bertz CT molecular complexity index is 870. The first-order valence-electron chi connectivity index (χ1n) is 8.34. The largest absolute Gasteiger partial charge is 0.454 e. The predicted octanol–water partition coefficient (Wildman–Crippen LogP) is 2.49. The van der Waals surface area contributed by atoms with Crippen molar-refractivity contribution in [1.82, 2.24) is 25.3 Å². The Kier molecular flexibility index (Phi) is 4.15. The third kappa shape index (κ3) is 3.36. The fraction of sp³-hybridized carbons (Fsp3) is 0.333. The second-order valence-corrected chi connectivity index (χ2v) is 6.36. The van der Waals surface area contributed by atoms with E-state index in [-0.39, 0.29) is 6.79 Å². The van der Waals surface area contributed by atoms with Crippen molar-refractivity contribution in [2.24, 2.45) is 0 Å². The first kappa shape index (κ1) is 15.7. The van der Waals surface area contributed by atoms with Crippen LogP contribution in [0.5, 0.6) is 11.5 Å². The Morgan fingerprint density at radius 1 is 1.28 bits per heavy atom. The standard InChI is InChI=1S/C18H21N5O2/c1-12-6-21-23(9-12)10-13(2)19-7-15-8-20-22-18(15)14-3-4-16-17(5-14)25-11-24-16/h3-6,8-9,13,19H,7,10-11H2,1-2H3,(H,20,22)/t13-/m0/s1. The highest BCUT2D eigenvalue weighted by molar-refractivity contribution is 5.66. The molecule has 130 valence electrons. The number of aromatic nitrogens is 4. The first-order chi connectivity index (χ1) is 12.2. The Labute approximate surface area is 146 Å². The normalized spacial score (nSPS) is 14.0. The van der Waals surface area contributed by atoms with Gasteiger partial charge in [-0.25, -0.2) is 0 Å². The quantitative estimate of drug-likeness (QED) is 0.721. The summed E-state index contributed by atoms with van der Waals surface area (Å²) in [5.41, 5.74) is 4.32. The molecular weight excluding hydrogens is 318 g/mol. The second kappa shape index (κ2) is 6.60. The van der Waals surface area contributed by atoms with Gasteiger partial charge in [0.1, 0.15) is 0 Å². The van der Waals surface area contributed by atoms with E-state index in [1.807, 2.05) is 48.4 Å². The maximum absolute atomic E-state index is 5.46. The highest BCUT2D eigenvalue weighted by Crippen LogP contribution is 2.36. The molecule has 7 nitrogen and oxygen atoms in total. The zero-order valence-electron chi connectivity index (χ0n) is 14.3. The number of aryl methyl sites for hydroxylation is 1. The minimum Gasteiger partial charge on any atom is -0.454 e. The molecule has 2 aromatic heterocycles. The fourth-order valence-corrected chi connectivity index (χ4v) is 2.94. The molecule has 3 aromatic rings. The molecule has 25 heavy (non-hydrogen) atoms. The van der Waals surface area contributed by atoms with Gasteiger partial charge in [0.2, 0.25) is 6.79 Å². The summed E-state index contributed by atoms with van der Waals surface area (Å²) in [7, 11) is 0. The van der Waals surface area contributed by atoms with Gasteiger partial charge in [0.15, 0.2) is 11.5 Å². The molecule has 0 amide bonds. The average molecular weight is 339 g/mol. The predicted molar refractivity (Wildman–Crippen MR) is 93.4 cm³/mol. The molecule has 1 atom stereocenters. The number of aromatic amines is 1. The number of nitrogens with zero attached hydrogens (tertiary/aromatic N) is 3. The zero-order valence-corrected chi connectivity index (χ0v) is 14.3. The van der Waals surface area contributed by atoms with Crippen LogP contribution in [-0.4, -0.2) is 32.8 Å².